The molecule has 0 radical (unpaired) electrons. The SMILES string of the molecule is C=CC.CCOC(C)OCC.O=CCC[C@@H](O)[C@H](Cc1ccccc1)N(Cc1ccccc1)Cc1ccccc1. The lowest BCUT2D eigenvalue weighted by atomic mass is 9.95. The second-order valence-electron chi connectivity index (χ2n) is 9.33. The van der Waals surface area contributed by atoms with Gasteiger partial charge in [-0.05, 0) is 57.2 Å². The van der Waals surface area contributed by atoms with Crippen LogP contribution in [0.4, 0.5) is 0 Å². The molecular weight excluding hydrogens is 498 g/mol. The number of aliphatic hydroxyl groups is 1. The standard InChI is InChI=1S/C26H29NO2.C6H14O2.C3H6/c28-18-10-17-26(29)25(19-22-11-4-1-5-12-22)27(20-23-13-6-2-7-14-23)21-24-15-8-3-9-16-24;1-4-7-6(3)8-5-2;1-3-2/h1-9,11-16,18,25-26,29H,10,17,19-21H2;6H,4-5H2,1-3H3;3H,1H2,2H3/t25-,26+;;/m0../s1. The van der Waals surface area contributed by atoms with Gasteiger partial charge >= 0.3 is 0 Å². The van der Waals surface area contributed by atoms with E-state index in [0.29, 0.717) is 12.8 Å². The molecule has 0 fully saturated rings. The number of carbonyl (C=O) groups is 1. The second kappa shape index (κ2) is 22.7. The van der Waals surface area contributed by atoms with Crippen molar-refractivity contribution in [2.45, 2.75) is 78.5 Å². The summed E-state index contributed by atoms with van der Waals surface area (Å²) in [6.45, 7) is 14.0. The van der Waals surface area contributed by atoms with Crippen LogP contribution in [0.2, 0.25) is 0 Å². The van der Waals surface area contributed by atoms with Crippen LogP contribution in [0.1, 0.15) is 57.2 Å². The van der Waals surface area contributed by atoms with Crippen molar-refractivity contribution in [3.8, 4) is 0 Å². The fourth-order valence-corrected chi connectivity index (χ4v) is 4.24. The summed E-state index contributed by atoms with van der Waals surface area (Å²) >= 11 is 0. The van der Waals surface area contributed by atoms with Gasteiger partial charge < -0.3 is 19.4 Å². The van der Waals surface area contributed by atoms with E-state index < -0.39 is 6.10 Å². The monoisotopic (exact) mass is 547 g/mol. The number of ether oxygens (including phenoxy) is 2. The Balaban J connectivity index is 0.000000618. The van der Waals surface area contributed by atoms with Crippen molar-refractivity contribution in [1.29, 1.82) is 0 Å². The van der Waals surface area contributed by atoms with Crippen LogP contribution < -0.4 is 0 Å². The van der Waals surface area contributed by atoms with Crippen LogP contribution in [0.25, 0.3) is 0 Å². The highest BCUT2D eigenvalue weighted by Gasteiger charge is 2.26. The lowest BCUT2D eigenvalue weighted by molar-refractivity contribution is -0.123. The highest BCUT2D eigenvalue weighted by molar-refractivity contribution is 5.49. The molecule has 0 heterocycles. The average molecular weight is 548 g/mol. The number of hydrogen-bond acceptors (Lipinski definition) is 5. The fraction of sp³-hybridized carbons (Fsp3) is 0.400. The van der Waals surface area contributed by atoms with Gasteiger partial charge in [0.2, 0.25) is 0 Å². The molecule has 0 saturated heterocycles. The van der Waals surface area contributed by atoms with Gasteiger partial charge in [-0.2, -0.15) is 0 Å². The molecule has 0 amide bonds. The van der Waals surface area contributed by atoms with Gasteiger partial charge in [-0.3, -0.25) is 4.90 Å². The molecular formula is C35H49NO4. The lowest BCUT2D eigenvalue weighted by Crippen LogP contribution is -2.44. The van der Waals surface area contributed by atoms with Gasteiger partial charge in [-0.15, -0.1) is 6.58 Å². The van der Waals surface area contributed by atoms with Gasteiger partial charge in [0, 0.05) is 38.8 Å². The maximum absolute atomic E-state index is 11.0. The molecule has 3 aromatic rings. The first-order valence-electron chi connectivity index (χ1n) is 14.3. The fourth-order valence-electron chi connectivity index (χ4n) is 4.24. The maximum Gasteiger partial charge on any atom is 0.154 e. The highest BCUT2D eigenvalue weighted by atomic mass is 16.7. The molecule has 218 valence electrons. The number of benzene rings is 3. The minimum absolute atomic E-state index is 0.0370. The molecule has 3 aromatic carbocycles. The zero-order valence-electron chi connectivity index (χ0n) is 24.8. The number of aldehydes is 1. The topological polar surface area (TPSA) is 59.0 Å². The van der Waals surface area contributed by atoms with Gasteiger partial charge in [0.05, 0.1) is 6.10 Å². The van der Waals surface area contributed by atoms with Crippen LogP contribution in [-0.2, 0) is 33.8 Å². The summed E-state index contributed by atoms with van der Waals surface area (Å²) in [7, 11) is 0. The quantitative estimate of drug-likeness (QED) is 0.123. The van der Waals surface area contributed by atoms with Crippen LogP contribution in [-0.4, -0.2) is 47.9 Å². The number of hydrogen-bond donors (Lipinski definition) is 1. The number of allylic oxidation sites excluding steroid dienone is 1. The smallest absolute Gasteiger partial charge is 0.154 e. The largest absolute Gasteiger partial charge is 0.391 e. The number of aliphatic hydroxyl groups excluding tert-OH is 1. The molecule has 5 nitrogen and oxygen atoms in total. The van der Waals surface area contributed by atoms with E-state index in [1.54, 1.807) is 6.08 Å². The zero-order chi connectivity index (χ0) is 29.4. The number of nitrogens with zero attached hydrogens (tertiary/aromatic N) is 1. The summed E-state index contributed by atoms with van der Waals surface area (Å²) in [5.41, 5.74) is 3.61. The summed E-state index contributed by atoms with van der Waals surface area (Å²) in [4.78, 5) is 13.3. The van der Waals surface area contributed by atoms with Gasteiger partial charge in [0.25, 0.3) is 0 Å². The van der Waals surface area contributed by atoms with E-state index in [1.165, 1.54) is 16.7 Å². The Morgan fingerprint density at radius 2 is 1.20 bits per heavy atom. The first-order valence-corrected chi connectivity index (χ1v) is 14.3. The van der Waals surface area contributed by atoms with Crippen molar-refractivity contribution < 1.29 is 19.4 Å². The number of rotatable bonds is 15. The van der Waals surface area contributed by atoms with E-state index in [2.05, 4.69) is 47.9 Å². The third-order valence-corrected chi connectivity index (χ3v) is 6.04. The molecule has 1 N–H and O–H groups in total. The van der Waals surface area contributed by atoms with Crippen LogP contribution in [0.15, 0.2) is 104 Å². The second-order valence-corrected chi connectivity index (χ2v) is 9.33. The molecule has 0 spiro atoms. The summed E-state index contributed by atoms with van der Waals surface area (Å²) < 4.78 is 10.1. The highest BCUT2D eigenvalue weighted by Crippen LogP contribution is 2.21. The molecule has 0 aliphatic heterocycles. The van der Waals surface area contributed by atoms with Crippen LogP contribution in [0.5, 0.6) is 0 Å². The van der Waals surface area contributed by atoms with E-state index in [-0.39, 0.29) is 12.3 Å². The van der Waals surface area contributed by atoms with Gasteiger partial charge in [-0.25, -0.2) is 0 Å². The predicted octanol–water partition coefficient (Wildman–Crippen LogP) is 7.24. The summed E-state index contributed by atoms with van der Waals surface area (Å²) in [6, 6.07) is 30.9. The molecule has 0 aromatic heterocycles. The molecule has 3 rings (SSSR count). The van der Waals surface area contributed by atoms with E-state index >= 15 is 0 Å². The minimum atomic E-state index is -0.576. The molecule has 0 bridgehead atoms. The van der Waals surface area contributed by atoms with E-state index in [4.69, 9.17) is 9.47 Å². The molecule has 2 atom stereocenters. The van der Waals surface area contributed by atoms with Crippen LogP contribution >= 0.6 is 0 Å². The first kappa shape index (κ1) is 34.9. The number of carbonyl (C=O) groups excluding carboxylic acids is 1. The normalized spacial score (nSPS) is 12.0. The summed E-state index contributed by atoms with van der Waals surface area (Å²) in [5.74, 6) is 0. The Morgan fingerprint density at radius 1 is 0.800 bits per heavy atom. The molecule has 0 aliphatic rings. The van der Waals surface area contributed by atoms with Gasteiger partial charge in [-0.1, -0.05) is 97.1 Å². The average Bonchev–Trinajstić information content (AvgIpc) is 2.97. The molecule has 0 aliphatic carbocycles. The lowest BCUT2D eigenvalue weighted by Gasteiger charge is -2.35. The van der Waals surface area contributed by atoms with E-state index in [1.807, 2.05) is 82.3 Å². The Bertz CT molecular complexity index is 950. The molecule has 0 unspecified atom stereocenters. The first-order chi connectivity index (χ1) is 19.5. The zero-order valence-corrected chi connectivity index (χ0v) is 24.8. The van der Waals surface area contributed by atoms with E-state index in [0.717, 1.165) is 39.0 Å². The predicted molar refractivity (Wildman–Crippen MR) is 166 cm³/mol. The van der Waals surface area contributed by atoms with Crippen molar-refractivity contribution >= 4 is 6.29 Å². The summed E-state index contributed by atoms with van der Waals surface area (Å²) in [5, 5.41) is 11.0. The van der Waals surface area contributed by atoms with Crippen LogP contribution in [0.3, 0.4) is 0 Å². The Hall–Kier alpha value is -3.09. The third kappa shape index (κ3) is 15.5. The van der Waals surface area contributed by atoms with Crippen molar-refractivity contribution in [2.75, 3.05) is 13.2 Å². The van der Waals surface area contributed by atoms with Crippen molar-refractivity contribution in [1.82, 2.24) is 4.90 Å². The van der Waals surface area contributed by atoms with Crippen molar-refractivity contribution in [2.24, 2.45) is 0 Å². The van der Waals surface area contributed by atoms with Gasteiger partial charge in [0.1, 0.15) is 6.29 Å². The maximum atomic E-state index is 11.0. The van der Waals surface area contributed by atoms with E-state index in [9.17, 15) is 9.90 Å². The molecule has 40 heavy (non-hydrogen) atoms. The molecule has 5 heteroatoms. The Kier molecular flexibility index (Phi) is 19.8. The van der Waals surface area contributed by atoms with Crippen molar-refractivity contribution in [3.63, 3.8) is 0 Å². The van der Waals surface area contributed by atoms with Crippen LogP contribution in [0, 0.1) is 0 Å². The van der Waals surface area contributed by atoms with Gasteiger partial charge in [0.15, 0.2) is 6.29 Å². The minimum Gasteiger partial charge on any atom is -0.391 e. The summed E-state index contributed by atoms with van der Waals surface area (Å²) in [6.07, 6.45) is 3.61. The Labute approximate surface area is 242 Å². The Morgan fingerprint density at radius 3 is 1.57 bits per heavy atom. The third-order valence-electron chi connectivity index (χ3n) is 6.04. The molecule has 0 saturated carbocycles. The van der Waals surface area contributed by atoms with Crippen molar-refractivity contribution in [3.05, 3.63) is 120 Å².